The van der Waals surface area contributed by atoms with Crippen LogP contribution in [0.15, 0.2) is 18.2 Å². The van der Waals surface area contributed by atoms with Gasteiger partial charge in [0.25, 0.3) is 0 Å². The largest absolute Gasteiger partial charge is 0.478 e. The lowest BCUT2D eigenvalue weighted by atomic mass is 9.75. The molecule has 0 amide bonds. The molecule has 0 bridgehead atoms. The van der Waals surface area contributed by atoms with Gasteiger partial charge in [0.2, 0.25) is 0 Å². The maximum atomic E-state index is 13.2. The van der Waals surface area contributed by atoms with Crippen molar-refractivity contribution in [2.24, 2.45) is 5.41 Å². The molecule has 116 valence electrons. The molecule has 1 saturated carbocycles. The molecule has 0 aromatic heterocycles. The van der Waals surface area contributed by atoms with Crippen molar-refractivity contribution in [3.63, 3.8) is 0 Å². The van der Waals surface area contributed by atoms with E-state index in [4.69, 9.17) is 0 Å². The first kappa shape index (κ1) is 16.0. The third-order valence-electron chi connectivity index (χ3n) is 4.65. The van der Waals surface area contributed by atoms with Crippen LogP contribution in [0, 0.1) is 11.2 Å². The number of hydrogen-bond acceptors (Lipinski definition) is 2. The highest BCUT2D eigenvalue weighted by Gasteiger charge is 2.29. The van der Waals surface area contributed by atoms with E-state index in [0.717, 1.165) is 18.9 Å². The van der Waals surface area contributed by atoms with Crippen LogP contribution < -0.4 is 0 Å². The Balaban J connectivity index is 2.06. The van der Waals surface area contributed by atoms with E-state index in [0.29, 0.717) is 23.6 Å². The van der Waals surface area contributed by atoms with Crippen LogP contribution in [-0.2, 0) is 6.54 Å². The molecule has 1 fully saturated rings. The lowest BCUT2D eigenvalue weighted by Crippen LogP contribution is -2.37. The Bertz CT molecular complexity index is 518. The summed E-state index contributed by atoms with van der Waals surface area (Å²) >= 11 is 0. The Morgan fingerprint density at radius 1 is 1.38 bits per heavy atom. The Kier molecular flexibility index (Phi) is 4.67. The first-order chi connectivity index (χ1) is 9.78. The fraction of sp³-hybridized carbons (Fsp3) is 0.588. The average Bonchev–Trinajstić information content (AvgIpc) is 2.40. The number of carbonyl (C=O) groups is 1. The molecular weight excluding hydrogens is 269 g/mol. The van der Waals surface area contributed by atoms with Crippen LogP contribution >= 0.6 is 0 Å². The van der Waals surface area contributed by atoms with E-state index in [1.54, 1.807) is 6.07 Å². The molecule has 0 atom stereocenters. The quantitative estimate of drug-likeness (QED) is 0.914. The minimum absolute atomic E-state index is 0.0676. The molecule has 4 heteroatoms. The van der Waals surface area contributed by atoms with Crippen molar-refractivity contribution in [1.82, 2.24) is 4.90 Å². The number of benzene rings is 1. The number of halogens is 1. The minimum Gasteiger partial charge on any atom is -0.478 e. The van der Waals surface area contributed by atoms with Crippen molar-refractivity contribution in [2.75, 3.05) is 7.05 Å². The first-order valence-electron chi connectivity index (χ1n) is 7.50. The zero-order valence-electron chi connectivity index (χ0n) is 13.0. The summed E-state index contributed by atoms with van der Waals surface area (Å²) in [6.45, 7) is 5.14. The van der Waals surface area contributed by atoms with Gasteiger partial charge in [0, 0.05) is 12.6 Å². The summed E-state index contributed by atoms with van der Waals surface area (Å²) in [6.07, 6.45) is 4.65. The summed E-state index contributed by atoms with van der Waals surface area (Å²) in [5, 5.41) is 9.20. The van der Waals surface area contributed by atoms with Gasteiger partial charge in [-0.05, 0) is 55.8 Å². The van der Waals surface area contributed by atoms with E-state index in [1.807, 2.05) is 7.05 Å². The van der Waals surface area contributed by atoms with Crippen molar-refractivity contribution in [1.29, 1.82) is 0 Å². The first-order valence-corrected chi connectivity index (χ1v) is 7.50. The molecule has 1 aromatic rings. The molecule has 0 heterocycles. The molecule has 0 radical (unpaired) electrons. The predicted molar refractivity (Wildman–Crippen MR) is 80.9 cm³/mol. The van der Waals surface area contributed by atoms with Gasteiger partial charge in [-0.2, -0.15) is 0 Å². The highest BCUT2D eigenvalue weighted by atomic mass is 19.1. The van der Waals surface area contributed by atoms with Crippen molar-refractivity contribution < 1.29 is 14.3 Å². The number of aromatic carboxylic acids is 1. The van der Waals surface area contributed by atoms with Gasteiger partial charge in [0.05, 0.1) is 5.56 Å². The Hall–Kier alpha value is -1.42. The lowest BCUT2D eigenvalue weighted by molar-refractivity contribution is 0.0692. The zero-order valence-corrected chi connectivity index (χ0v) is 13.0. The van der Waals surface area contributed by atoms with Crippen LogP contribution in [0.2, 0.25) is 0 Å². The zero-order chi connectivity index (χ0) is 15.6. The second-order valence-electron chi connectivity index (χ2n) is 6.92. The average molecular weight is 293 g/mol. The summed E-state index contributed by atoms with van der Waals surface area (Å²) in [5.41, 5.74) is 1.16. The summed E-state index contributed by atoms with van der Waals surface area (Å²) in [4.78, 5) is 13.4. The Morgan fingerprint density at radius 3 is 2.57 bits per heavy atom. The van der Waals surface area contributed by atoms with Crippen LogP contribution in [0.1, 0.15) is 55.5 Å². The molecule has 1 aliphatic carbocycles. The molecule has 3 nitrogen and oxygen atoms in total. The Labute approximate surface area is 125 Å². The second kappa shape index (κ2) is 6.14. The molecule has 21 heavy (non-hydrogen) atoms. The van der Waals surface area contributed by atoms with Crippen molar-refractivity contribution in [3.05, 3.63) is 35.1 Å². The van der Waals surface area contributed by atoms with Gasteiger partial charge < -0.3 is 5.11 Å². The molecule has 2 rings (SSSR count). The van der Waals surface area contributed by atoms with E-state index in [9.17, 15) is 14.3 Å². The van der Waals surface area contributed by atoms with Crippen LogP contribution in [0.25, 0.3) is 0 Å². The predicted octanol–water partition coefficient (Wildman–Crippen LogP) is 3.92. The highest BCUT2D eigenvalue weighted by molar-refractivity contribution is 5.89. The van der Waals surface area contributed by atoms with Crippen LogP contribution in [-0.4, -0.2) is 29.1 Å². The third kappa shape index (κ3) is 4.03. The molecule has 0 aliphatic heterocycles. The fourth-order valence-corrected chi connectivity index (χ4v) is 3.11. The number of nitrogens with zero attached hydrogens (tertiary/aromatic N) is 1. The smallest absolute Gasteiger partial charge is 0.336 e. The second-order valence-corrected chi connectivity index (χ2v) is 6.92. The number of rotatable bonds is 4. The van der Waals surface area contributed by atoms with Gasteiger partial charge in [-0.25, -0.2) is 9.18 Å². The van der Waals surface area contributed by atoms with Crippen LogP contribution in [0.5, 0.6) is 0 Å². The topological polar surface area (TPSA) is 40.5 Å². The SMILES string of the molecule is CN(Cc1ccc(F)cc1C(=O)O)C1CCC(C)(C)CC1. The standard InChI is InChI=1S/C17H24FNO2/c1-17(2)8-6-14(7-9-17)19(3)11-12-4-5-13(18)10-15(12)16(20)21/h4-5,10,14H,6-9,11H2,1-3H3,(H,20,21). The molecule has 0 saturated heterocycles. The van der Waals surface area contributed by atoms with Crippen molar-refractivity contribution in [2.45, 2.75) is 52.1 Å². The van der Waals surface area contributed by atoms with Crippen molar-refractivity contribution in [3.8, 4) is 0 Å². The van der Waals surface area contributed by atoms with E-state index < -0.39 is 11.8 Å². The molecule has 0 unspecified atom stereocenters. The van der Waals surface area contributed by atoms with E-state index in [2.05, 4.69) is 18.7 Å². The van der Waals surface area contributed by atoms with E-state index in [-0.39, 0.29) is 5.56 Å². The highest BCUT2D eigenvalue weighted by Crippen LogP contribution is 2.37. The summed E-state index contributed by atoms with van der Waals surface area (Å²) in [6, 6.07) is 4.50. The third-order valence-corrected chi connectivity index (χ3v) is 4.65. The van der Waals surface area contributed by atoms with Crippen LogP contribution in [0.4, 0.5) is 4.39 Å². The maximum absolute atomic E-state index is 13.2. The molecule has 1 aliphatic rings. The monoisotopic (exact) mass is 293 g/mol. The summed E-state index contributed by atoms with van der Waals surface area (Å²) in [7, 11) is 2.03. The number of carboxylic acids is 1. The van der Waals surface area contributed by atoms with Gasteiger partial charge in [-0.3, -0.25) is 4.90 Å². The summed E-state index contributed by atoms with van der Waals surface area (Å²) in [5.74, 6) is -1.57. The van der Waals surface area contributed by atoms with Gasteiger partial charge in [-0.15, -0.1) is 0 Å². The number of hydrogen-bond donors (Lipinski definition) is 1. The summed E-state index contributed by atoms with van der Waals surface area (Å²) < 4.78 is 13.2. The molecule has 1 N–H and O–H groups in total. The van der Waals surface area contributed by atoms with Crippen molar-refractivity contribution >= 4 is 5.97 Å². The lowest BCUT2D eigenvalue weighted by Gasteiger charge is -2.38. The molecule has 1 aromatic carbocycles. The van der Waals surface area contributed by atoms with Gasteiger partial charge in [0.15, 0.2) is 0 Å². The molecular formula is C17H24FNO2. The van der Waals surface area contributed by atoms with E-state index >= 15 is 0 Å². The van der Waals surface area contributed by atoms with Gasteiger partial charge in [-0.1, -0.05) is 19.9 Å². The fourth-order valence-electron chi connectivity index (χ4n) is 3.11. The van der Waals surface area contributed by atoms with Gasteiger partial charge in [0.1, 0.15) is 5.82 Å². The normalized spacial score (nSPS) is 18.9. The maximum Gasteiger partial charge on any atom is 0.336 e. The number of carboxylic acid groups (broad SMARTS) is 1. The van der Waals surface area contributed by atoms with Gasteiger partial charge >= 0.3 is 5.97 Å². The van der Waals surface area contributed by atoms with E-state index in [1.165, 1.54) is 18.9 Å². The Morgan fingerprint density at radius 2 is 2.00 bits per heavy atom. The molecule has 0 spiro atoms. The minimum atomic E-state index is -1.07. The van der Waals surface area contributed by atoms with Crippen LogP contribution in [0.3, 0.4) is 0 Å².